The molecule has 0 amide bonds. The smallest absolute Gasteiger partial charge is 0.0593 e. The first-order valence-electron chi connectivity index (χ1n) is 6.72. The predicted molar refractivity (Wildman–Crippen MR) is 68.8 cm³/mol. The highest BCUT2D eigenvalue weighted by atomic mass is 16.5. The Morgan fingerprint density at radius 3 is 2.50 bits per heavy atom. The van der Waals surface area contributed by atoms with Crippen LogP contribution in [0.5, 0.6) is 0 Å². The Hall–Kier alpha value is -0.120. The van der Waals surface area contributed by atoms with Crippen molar-refractivity contribution in [3.63, 3.8) is 0 Å². The Kier molecular flexibility index (Phi) is 7.01. The normalized spacial score (nSPS) is 19.5. The molecule has 1 rings (SSSR count). The van der Waals surface area contributed by atoms with E-state index in [4.69, 9.17) is 4.74 Å². The number of hydrogen-bond acceptors (Lipinski definition) is 3. The van der Waals surface area contributed by atoms with Crippen LogP contribution < -0.4 is 5.32 Å². The van der Waals surface area contributed by atoms with E-state index in [0.29, 0.717) is 12.0 Å². The largest absolute Gasteiger partial charge is 0.380 e. The van der Waals surface area contributed by atoms with Gasteiger partial charge in [0.1, 0.15) is 0 Å². The van der Waals surface area contributed by atoms with Gasteiger partial charge in [0.2, 0.25) is 0 Å². The SMILES string of the molecule is CC(CNC(C)C)COCCN1CCCC1. The fourth-order valence-electron chi connectivity index (χ4n) is 1.98. The molecule has 3 heteroatoms. The maximum atomic E-state index is 5.71. The van der Waals surface area contributed by atoms with E-state index < -0.39 is 0 Å². The van der Waals surface area contributed by atoms with Crippen LogP contribution in [0.25, 0.3) is 0 Å². The molecule has 1 aliphatic heterocycles. The van der Waals surface area contributed by atoms with Gasteiger partial charge in [-0.25, -0.2) is 0 Å². The maximum absolute atomic E-state index is 5.71. The molecule has 0 spiro atoms. The van der Waals surface area contributed by atoms with Crippen LogP contribution in [0.2, 0.25) is 0 Å². The second kappa shape index (κ2) is 8.04. The highest BCUT2D eigenvalue weighted by Crippen LogP contribution is 2.06. The van der Waals surface area contributed by atoms with Crippen LogP contribution in [0.4, 0.5) is 0 Å². The molecular formula is C13H28N2O. The molecule has 0 aromatic heterocycles. The molecule has 1 heterocycles. The van der Waals surface area contributed by atoms with Crippen molar-refractivity contribution >= 4 is 0 Å². The minimum absolute atomic E-state index is 0.576. The number of nitrogens with zero attached hydrogens (tertiary/aromatic N) is 1. The average molecular weight is 228 g/mol. The highest BCUT2D eigenvalue weighted by Gasteiger charge is 2.10. The van der Waals surface area contributed by atoms with Crippen LogP contribution in [0, 0.1) is 5.92 Å². The molecule has 0 aromatic carbocycles. The molecule has 1 atom stereocenters. The van der Waals surface area contributed by atoms with Gasteiger partial charge in [-0.15, -0.1) is 0 Å². The Balaban J connectivity index is 1.89. The van der Waals surface area contributed by atoms with Gasteiger partial charge in [0.25, 0.3) is 0 Å². The third kappa shape index (κ3) is 6.46. The van der Waals surface area contributed by atoms with Gasteiger partial charge in [-0.3, -0.25) is 0 Å². The summed E-state index contributed by atoms with van der Waals surface area (Å²) in [5, 5.41) is 3.44. The van der Waals surface area contributed by atoms with Crippen LogP contribution >= 0.6 is 0 Å². The van der Waals surface area contributed by atoms with E-state index in [9.17, 15) is 0 Å². The van der Waals surface area contributed by atoms with Crippen molar-refractivity contribution < 1.29 is 4.74 Å². The fourth-order valence-corrected chi connectivity index (χ4v) is 1.98. The summed E-state index contributed by atoms with van der Waals surface area (Å²) in [5.74, 6) is 0.612. The molecular weight excluding hydrogens is 200 g/mol. The number of hydrogen-bond donors (Lipinski definition) is 1. The van der Waals surface area contributed by atoms with Crippen molar-refractivity contribution in [2.75, 3.05) is 39.4 Å². The topological polar surface area (TPSA) is 24.5 Å². The Morgan fingerprint density at radius 2 is 1.88 bits per heavy atom. The van der Waals surface area contributed by atoms with Gasteiger partial charge in [-0.2, -0.15) is 0 Å². The van der Waals surface area contributed by atoms with E-state index in [1.54, 1.807) is 0 Å². The molecule has 1 unspecified atom stereocenters. The highest BCUT2D eigenvalue weighted by molar-refractivity contribution is 4.65. The Labute approximate surface area is 101 Å². The summed E-state index contributed by atoms with van der Waals surface area (Å²) in [6.45, 7) is 13.1. The van der Waals surface area contributed by atoms with Gasteiger partial charge >= 0.3 is 0 Å². The third-order valence-electron chi connectivity index (χ3n) is 3.03. The summed E-state index contributed by atoms with van der Waals surface area (Å²) in [6.07, 6.45) is 2.74. The molecule has 3 nitrogen and oxygen atoms in total. The van der Waals surface area contributed by atoms with Crippen molar-refractivity contribution in [3.05, 3.63) is 0 Å². The molecule has 1 saturated heterocycles. The standard InChI is InChI=1S/C13H28N2O/c1-12(2)14-10-13(3)11-16-9-8-15-6-4-5-7-15/h12-14H,4-11H2,1-3H3. The first-order valence-corrected chi connectivity index (χ1v) is 6.72. The monoisotopic (exact) mass is 228 g/mol. The van der Waals surface area contributed by atoms with Crippen molar-refractivity contribution in [1.29, 1.82) is 0 Å². The number of ether oxygens (including phenoxy) is 1. The van der Waals surface area contributed by atoms with Crippen molar-refractivity contribution in [2.24, 2.45) is 5.92 Å². The van der Waals surface area contributed by atoms with Gasteiger partial charge < -0.3 is 15.0 Å². The van der Waals surface area contributed by atoms with Gasteiger partial charge in [0.15, 0.2) is 0 Å². The second-order valence-electron chi connectivity index (χ2n) is 5.29. The average Bonchev–Trinajstić information content (AvgIpc) is 2.74. The summed E-state index contributed by atoms with van der Waals surface area (Å²) < 4.78 is 5.71. The lowest BCUT2D eigenvalue weighted by Gasteiger charge is -2.17. The molecule has 0 saturated carbocycles. The van der Waals surface area contributed by atoms with Crippen molar-refractivity contribution in [2.45, 2.75) is 39.7 Å². The van der Waals surface area contributed by atoms with Crippen LogP contribution in [0.15, 0.2) is 0 Å². The van der Waals surface area contributed by atoms with Crippen molar-refractivity contribution in [1.82, 2.24) is 10.2 Å². The summed E-state index contributed by atoms with van der Waals surface area (Å²) in [5.41, 5.74) is 0. The summed E-state index contributed by atoms with van der Waals surface area (Å²) in [6, 6.07) is 0.576. The van der Waals surface area contributed by atoms with Gasteiger partial charge in [0.05, 0.1) is 13.2 Å². The molecule has 1 aliphatic rings. The molecule has 0 aliphatic carbocycles. The predicted octanol–water partition coefficient (Wildman–Crippen LogP) is 1.73. The molecule has 1 fully saturated rings. The van der Waals surface area contributed by atoms with Gasteiger partial charge in [-0.1, -0.05) is 20.8 Å². The van der Waals surface area contributed by atoms with Gasteiger partial charge in [0, 0.05) is 19.1 Å². The first kappa shape index (κ1) is 13.9. The molecule has 96 valence electrons. The number of rotatable bonds is 8. The quantitative estimate of drug-likeness (QED) is 0.640. The first-order chi connectivity index (χ1) is 7.68. The zero-order valence-electron chi connectivity index (χ0n) is 11.2. The maximum Gasteiger partial charge on any atom is 0.0593 e. The minimum atomic E-state index is 0.576. The molecule has 0 aromatic rings. The summed E-state index contributed by atoms with van der Waals surface area (Å²) >= 11 is 0. The molecule has 16 heavy (non-hydrogen) atoms. The van der Waals surface area contributed by atoms with E-state index in [1.165, 1.54) is 25.9 Å². The summed E-state index contributed by atoms with van der Waals surface area (Å²) in [4.78, 5) is 2.50. The van der Waals surface area contributed by atoms with E-state index in [1.807, 2.05) is 0 Å². The zero-order valence-corrected chi connectivity index (χ0v) is 11.2. The third-order valence-corrected chi connectivity index (χ3v) is 3.03. The van der Waals surface area contributed by atoms with Crippen molar-refractivity contribution in [3.8, 4) is 0 Å². The van der Waals surface area contributed by atoms with Gasteiger partial charge in [-0.05, 0) is 31.8 Å². The lowest BCUT2D eigenvalue weighted by molar-refractivity contribution is 0.0863. The number of likely N-dealkylation sites (tertiary alicyclic amines) is 1. The molecule has 1 N–H and O–H groups in total. The van der Waals surface area contributed by atoms with E-state index >= 15 is 0 Å². The van der Waals surface area contributed by atoms with E-state index in [-0.39, 0.29) is 0 Å². The van der Waals surface area contributed by atoms with Crippen LogP contribution in [0.1, 0.15) is 33.6 Å². The fraction of sp³-hybridized carbons (Fsp3) is 1.00. The van der Waals surface area contributed by atoms with Crippen LogP contribution in [-0.4, -0.2) is 50.3 Å². The zero-order chi connectivity index (χ0) is 11.8. The molecule has 0 bridgehead atoms. The lowest BCUT2D eigenvalue weighted by atomic mass is 10.2. The summed E-state index contributed by atoms with van der Waals surface area (Å²) in [7, 11) is 0. The lowest BCUT2D eigenvalue weighted by Crippen LogP contribution is -2.30. The second-order valence-corrected chi connectivity index (χ2v) is 5.29. The van der Waals surface area contributed by atoms with Crippen LogP contribution in [-0.2, 0) is 4.74 Å². The number of nitrogens with one attached hydrogen (secondary N) is 1. The van der Waals surface area contributed by atoms with Crippen LogP contribution in [0.3, 0.4) is 0 Å². The Bertz CT molecular complexity index is 167. The van der Waals surface area contributed by atoms with E-state index in [2.05, 4.69) is 31.0 Å². The minimum Gasteiger partial charge on any atom is -0.380 e. The van der Waals surface area contributed by atoms with E-state index in [0.717, 1.165) is 26.3 Å². The Morgan fingerprint density at radius 1 is 1.19 bits per heavy atom. The molecule has 0 radical (unpaired) electrons.